The van der Waals surface area contributed by atoms with Gasteiger partial charge in [-0.1, -0.05) is 29.4 Å². The van der Waals surface area contributed by atoms with Gasteiger partial charge in [0, 0.05) is 12.1 Å². The second kappa shape index (κ2) is 6.78. The summed E-state index contributed by atoms with van der Waals surface area (Å²) in [5.41, 5.74) is 7.59. The van der Waals surface area contributed by atoms with Crippen LogP contribution < -0.4 is 5.73 Å². The minimum Gasteiger partial charge on any atom is -0.338 e. The van der Waals surface area contributed by atoms with Crippen molar-refractivity contribution in [2.45, 2.75) is 18.7 Å². The Hall–Kier alpha value is -1.04. The van der Waals surface area contributed by atoms with Crippen molar-refractivity contribution in [1.29, 1.82) is 0 Å². The summed E-state index contributed by atoms with van der Waals surface area (Å²) in [6.45, 7) is 2.58. The molecular formula is C12H16ClN3OS. The van der Waals surface area contributed by atoms with Crippen LogP contribution in [0.3, 0.4) is 0 Å². The van der Waals surface area contributed by atoms with Crippen molar-refractivity contribution >= 4 is 24.2 Å². The van der Waals surface area contributed by atoms with E-state index in [9.17, 15) is 0 Å². The number of benzene rings is 1. The largest absolute Gasteiger partial charge is 0.338 e. The SMILES string of the molecule is CSC(C)c1nc(-c2ccc(CN)cc2)no1.Cl. The molecule has 2 rings (SSSR count). The van der Waals surface area contributed by atoms with Crippen LogP contribution in [-0.2, 0) is 6.54 Å². The Kier molecular flexibility index (Phi) is 5.65. The van der Waals surface area contributed by atoms with Gasteiger partial charge in [0.05, 0.1) is 5.25 Å². The highest BCUT2D eigenvalue weighted by atomic mass is 35.5. The van der Waals surface area contributed by atoms with Gasteiger partial charge in [-0.05, 0) is 18.7 Å². The van der Waals surface area contributed by atoms with E-state index < -0.39 is 0 Å². The van der Waals surface area contributed by atoms with Gasteiger partial charge >= 0.3 is 0 Å². The van der Waals surface area contributed by atoms with Crippen molar-refractivity contribution < 1.29 is 4.52 Å². The normalized spacial score (nSPS) is 11.9. The third kappa shape index (κ3) is 3.25. The first-order valence-corrected chi connectivity index (χ1v) is 6.69. The summed E-state index contributed by atoms with van der Waals surface area (Å²) in [7, 11) is 0. The lowest BCUT2D eigenvalue weighted by Gasteiger charge is -1.99. The second-order valence-electron chi connectivity index (χ2n) is 3.74. The predicted octanol–water partition coefficient (Wildman–Crippen LogP) is 3.04. The third-order valence-electron chi connectivity index (χ3n) is 2.59. The number of hydrogen-bond acceptors (Lipinski definition) is 5. The third-order valence-corrected chi connectivity index (χ3v) is 3.50. The number of aromatic nitrogens is 2. The summed E-state index contributed by atoms with van der Waals surface area (Å²) in [5, 5.41) is 4.20. The van der Waals surface area contributed by atoms with Gasteiger partial charge in [-0.25, -0.2) is 0 Å². The molecule has 2 N–H and O–H groups in total. The van der Waals surface area contributed by atoms with E-state index in [1.165, 1.54) is 0 Å². The Bertz CT molecular complexity index is 486. The fraction of sp³-hybridized carbons (Fsp3) is 0.333. The molecule has 98 valence electrons. The van der Waals surface area contributed by atoms with Crippen LogP contribution in [0, 0.1) is 0 Å². The van der Waals surface area contributed by atoms with Gasteiger partial charge in [0.25, 0.3) is 0 Å². The van der Waals surface area contributed by atoms with Crippen LogP contribution in [0.2, 0.25) is 0 Å². The van der Waals surface area contributed by atoms with E-state index in [1.807, 2.05) is 37.4 Å². The van der Waals surface area contributed by atoms with E-state index in [2.05, 4.69) is 10.1 Å². The first-order valence-electron chi connectivity index (χ1n) is 5.40. The first-order chi connectivity index (χ1) is 8.24. The van der Waals surface area contributed by atoms with Crippen LogP contribution >= 0.6 is 24.2 Å². The van der Waals surface area contributed by atoms with Gasteiger partial charge in [-0.3, -0.25) is 0 Å². The van der Waals surface area contributed by atoms with Crippen molar-refractivity contribution in [2.75, 3.05) is 6.26 Å². The Morgan fingerprint density at radius 3 is 2.56 bits per heavy atom. The van der Waals surface area contributed by atoms with Gasteiger partial charge in [0.2, 0.25) is 11.7 Å². The van der Waals surface area contributed by atoms with E-state index in [4.69, 9.17) is 10.3 Å². The average Bonchev–Trinajstić information content (AvgIpc) is 2.87. The monoisotopic (exact) mass is 285 g/mol. The van der Waals surface area contributed by atoms with Gasteiger partial charge in [0.15, 0.2) is 0 Å². The van der Waals surface area contributed by atoms with Crippen molar-refractivity contribution in [2.24, 2.45) is 5.73 Å². The lowest BCUT2D eigenvalue weighted by molar-refractivity contribution is 0.381. The standard InChI is InChI=1S/C12H15N3OS.ClH/c1-8(17-2)12-14-11(15-16-12)10-5-3-9(7-13)4-6-10;/h3-6,8H,7,13H2,1-2H3;1H. The van der Waals surface area contributed by atoms with E-state index in [-0.39, 0.29) is 17.7 Å². The number of nitrogens with two attached hydrogens (primary N) is 1. The minimum atomic E-state index is 0. The van der Waals surface area contributed by atoms with Crippen molar-refractivity contribution in [3.05, 3.63) is 35.7 Å². The molecule has 4 nitrogen and oxygen atoms in total. The van der Waals surface area contributed by atoms with Gasteiger partial charge in [-0.2, -0.15) is 16.7 Å². The van der Waals surface area contributed by atoms with Crippen LogP contribution in [0.15, 0.2) is 28.8 Å². The van der Waals surface area contributed by atoms with Crippen molar-refractivity contribution in [3.63, 3.8) is 0 Å². The fourth-order valence-corrected chi connectivity index (χ4v) is 1.71. The lowest BCUT2D eigenvalue weighted by atomic mass is 10.1. The highest BCUT2D eigenvalue weighted by molar-refractivity contribution is 7.98. The zero-order chi connectivity index (χ0) is 12.3. The van der Waals surface area contributed by atoms with Crippen LogP contribution in [0.25, 0.3) is 11.4 Å². The quantitative estimate of drug-likeness (QED) is 0.935. The molecule has 0 radical (unpaired) electrons. The van der Waals surface area contributed by atoms with Crippen LogP contribution in [-0.4, -0.2) is 16.4 Å². The van der Waals surface area contributed by atoms with Crippen molar-refractivity contribution in [3.8, 4) is 11.4 Å². The number of halogens is 1. The highest BCUT2D eigenvalue weighted by Crippen LogP contribution is 2.26. The highest BCUT2D eigenvalue weighted by Gasteiger charge is 2.13. The topological polar surface area (TPSA) is 64.9 Å². The number of rotatable bonds is 4. The molecule has 0 saturated heterocycles. The molecule has 1 unspecified atom stereocenters. The van der Waals surface area contributed by atoms with Crippen LogP contribution in [0.4, 0.5) is 0 Å². The lowest BCUT2D eigenvalue weighted by Crippen LogP contribution is -1.95. The summed E-state index contributed by atoms with van der Waals surface area (Å²) >= 11 is 1.68. The minimum absolute atomic E-state index is 0. The van der Waals surface area contributed by atoms with Crippen molar-refractivity contribution in [1.82, 2.24) is 10.1 Å². The Morgan fingerprint density at radius 2 is 2.00 bits per heavy atom. The summed E-state index contributed by atoms with van der Waals surface area (Å²) in [6, 6.07) is 7.87. The first kappa shape index (κ1) is 15.0. The molecule has 18 heavy (non-hydrogen) atoms. The van der Waals surface area contributed by atoms with Gasteiger partial charge < -0.3 is 10.3 Å². The molecule has 0 aliphatic heterocycles. The Morgan fingerprint density at radius 1 is 1.33 bits per heavy atom. The summed E-state index contributed by atoms with van der Waals surface area (Å²) in [6.07, 6.45) is 2.02. The summed E-state index contributed by atoms with van der Waals surface area (Å²) < 4.78 is 5.22. The fourth-order valence-electron chi connectivity index (χ4n) is 1.41. The maximum atomic E-state index is 5.55. The molecule has 2 aromatic rings. The van der Waals surface area contributed by atoms with E-state index >= 15 is 0 Å². The molecule has 1 atom stereocenters. The molecule has 1 heterocycles. The number of nitrogens with zero attached hydrogens (tertiary/aromatic N) is 2. The zero-order valence-corrected chi connectivity index (χ0v) is 11.9. The average molecular weight is 286 g/mol. The number of thioether (sulfide) groups is 1. The molecule has 0 saturated carbocycles. The zero-order valence-electron chi connectivity index (χ0n) is 10.3. The maximum absolute atomic E-state index is 5.55. The van der Waals surface area contributed by atoms with E-state index in [0.717, 1.165) is 11.1 Å². The van der Waals surface area contributed by atoms with Gasteiger partial charge in [-0.15, -0.1) is 12.4 Å². The molecule has 0 bridgehead atoms. The molecule has 0 spiro atoms. The molecule has 0 fully saturated rings. The van der Waals surface area contributed by atoms with Crippen LogP contribution in [0.5, 0.6) is 0 Å². The molecule has 0 aliphatic carbocycles. The number of hydrogen-bond donors (Lipinski definition) is 1. The molecule has 1 aromatic carbocycles. The molecule has 6 heteroatoms. The maximum Gasteiger partial charge on any atom is 0.239 e. The summed E-state index contributed by atoms with van der Waals surface area (Å²) in [5.74, 6) is 1.29. The molecule has 0 amide bonds. The second-order valence-corrected chi connectivity index (χ2v) is 4.91. The Balaban J connectivity index is 0.00000162. The molecule has 1 aromatic heterocycles. The molecule has 0 aliphatic rings. The van der Waals surface area contributed by atoms with E-state index in [0.29, 0.717) is 18.3 Å². The van der Waals surface area contributed by atoms with E-state index in [1.54, 1.807) is 11.8 Å². The molecular weight excluding hydrogens is 270 g/mol. The van der Waals surface area contributed by atoms with Crippen LogP contribution in [0.1, 0.15) is 23.6 Å². The smallest absolute Gasteiger partial charge is 0.239 e. The Labute approximate surface area is 117 Å². The summed E-state index contributed by atoms with van der Waals surface area (Å²) in [4.78, 5) is 4.38. The van der Waals surface area contributed by atoms with Gasteiger partial charge in [0.1, 0.15) is 0 Å². The predicted molar refractivity (Wildman–Crippen MR) is 76.8 cm³/mol.